The fourth-order valence-corrected chi connectivity index (χ4v) is 6.19. The second kappa shape index (κ2) is 11.4. The quantitative estimate of drug-likeness (QED) is 0.185. The van der Waals surface area contributed by atoms with E-state index in [1.165, 1.54) is 12.1 Å². The molecule has 0 spiro atoms. The van der Waals surface area contributed by atoms with Gasteiger partial charge in [-0.05, 0) is 41.9 Å². The molecule has 10 aromatic rings. The molecule has 7 aromatic carbocycles. The van der Waals surface area contributed by atoms with Crippen molar-refractivity contribution in [3.05, 3.63) is 169 Å². The molecule has 0 aliphatic rings. The smallest absolute Gasteiger partial charge is 0.164 e. The van der Waals surface area contributed by atoms with Crippen molar-refractivity contribution < 1.29 is 26.3 Å². The van der Waals surface area contributed by atoms with E-state index >= 15 is 0 Å². The second-order valence-corrected chi connectivity index (χ2v) is 11.3. The topological polar surface area (TPSA) is 56.7 Å². The van der Waals surface area contributed by atoms with Gasteiger partial charge in [-0.2, -0.15) is 0 Å². The van der Waals surface area contributed by atoms with E-state index < -0.39 is 83.2 Å². The van der Waals surface area contributed by atoms with Crippen molar-refractivity contribution in [1.29, 1.82) is 0 Å². The zero-order valence-corrected chi connectivity index (χ0v) is 25.6. The number of nitrogens with zero attached hydrogens (tertiary/aromatic N) is 4. The standard InChI is InChI=1S/C45H28N4O/c1-4-14-29(15-5-1)37-27-33(49-39-22-12-10-20-34(39)35-21-11-13-23-40(35)49)28-38-36-25-24-32(26-41(36)50-42(37)38)45-47-43(30-16-6-2-7-17-30)46-44(48-45)31-18-8-3-9-19-31/h1-28H/i2D,3D,6D,7D,8D,9D,10D,11D,16D,17D,18D,19D,20D,21D,22D,23D. The molecule has 0 unspecified atom stereocenters. The number of aromatic nitrogens is 4. The van der Waals surface area contributed by atoms with Crippen LogP contribution in [0, 0.1) is 0 Å². The largest absolute Gasteiger partial charge is 0.455 e. The van der Waals surface area contributed by atoms with Crippen LogP contribution >= 0.6 is 0 Å². The van der Waals surface area contributed by atoms with E-state index in [0.717, 1.165) is 5.56 Å². The normalized spacial score (nSPS) is 16.1. The van der Waals surface area contributed by atoms with Crippen LogP contribution in [0.5, 0.6) is 0 Å². The van der Waals surface area contributed by atoms with E-state index in [9.17, 15) is 0 Å². The van der Waals surface area contributed by atoms with Crippen LogP contribution in [0.1, 0.15) is 21.9 Å². The molecule has 3 heterocycles. The van der Waals surface area contributed by atoms with Crippen molar-refractivity contribution in [2.24, 2.45) is 0 Å². The molecule has 0 fully saturated rings. The number of furan rings is 1. The van der Waals surface area contributed by atoms with Crippen molar-refractivity contribution in [2.75, 3.05) is 0 Å². The molecule has 0 atom stereocenters. The van der Waals surface area contributed by atoms with E-state index in [1.807, 2.05) is 30.3 Å². The van der Waals surface area contributed by atoms with Crippen molar-refractivity contribution in [3.63, 3.8) is 0 Å². The van der Waals surface area contributed by atoms with Crippen LogP contribution in [-0.2, 0) is 0 Å². The molecular formula is C45H28N4O. The predicted octanol–water partition coefficient (Wildman–Crippen LogP) is 11.5. The minimum Gasteiger partial charge on any atom is -0.455 e. The number of para-hydroxylation sites is 2. The Labute approximate surface area is 310 Å². The zero-order valence-electron chi connectivity index (χ0n) is 41.6. The maximum Gasteiger partial charge on any atom is 0.164 e. The lowest BCUT2D eigenvalue weighted by molar-refractivity contribution is 0.670. The number of hydrogen-bond donors (Lipinski definition) is 0. The number of fused-ring (bicyclic) bond motifs is 6. The van der Waals surface area contributed by atoms with Crippen molar-refractivity contribution >= 4 is 43.7 Å². The number of rotatable bonds is 5. The molecule has 0 saturated heterocycles. The van der Waals surface area contributed by atoms with Gasteiger partial charge in [-0.3, -0.25) is 0 Å². The van der Waals surface area contributed by atoms with E-state index in [2.05, 4.69) is 15.0 Å². The lowest BCUT2D eigenvalue weighted by Gasteiger charge is -2.11. The van der Waals surface area contributed by atoms with Gasteiger partial charge < -0.3 is 8.98 Å². The summed E-state index contributed by atoms with van der Waals surface area (Å²) in [6.07, 6.45) is 0. The molecule has 0 saturated carbocycles. The maximum atomic E-state index is 9.03. The molecule has 0 radical (unpaired) electrons. The van der Waals surface area contributed by atoms with Crippen molar-refractivity contribution in [1.82, 2.24) is 19.5 Å². The average Bonchev–Trinajstić information content (AvgIpc) is 3.87. The first-order valence-electron chi connectivity index (χ1n) is 23.4. The van der Waals surface area contributed by atoms with Gasteiger partial charge in [-0.25, -0.2) is 15.0 Å². The van der Waals surface area contributed by atoms with E-state index in [-0.39, 0.29) is 75.0 Å². The summed E-state index contributed by atoms with van der Waals surface area (Å²) < 4.78 is 145. The minimum absolute atomic E-state index is 0.0986. The molecule has 3 aromatic heterocycles. The van der Waals surface area contributed by atoms with E-state index in [1.54, 1.807) is 34.9 Å². The van der Waals surface area contributed by atoms with Gasteiger partial charge >= 0.3 is 0 Å². The van der Waals surface area contributed by atoms with Crippen LogP contribution in [0.15, 0.2) is 174 Å². The molecule has 0 bridgehead atoms. The fraction of sp³-hybridized carbons (Fsp3) is 0. The SMILES string of the molecule is [2H]c1cc([2H])c2c(c1[2H])c1c([2H])c([2H])cc([2H])c1n2-c1cc(-c2ccccc2)c2oc3cc(-c4nc(-c5c([2H])c([2H])c([2H])c([2H])c5[2H])nc(-c5c([2H])c([2H])c([2H])c([2H])c5[2H])n4)ccc3c2c1. The van der Waals surface area contributed by atoms with Gasteiger partial charge in [0, 0.05) is 49.5 Å². The van der Waals surface area contributed by atoms with Gasteiger partial charge in [0.2, 0.25) is 0 Å². The molecule has 5 heteroatoms. The lowest BCUT2D eigenvalue weighted by Crippen LogP contribution is -2.00. The summed E-state index contributed by atoms with van der Waals surface area (Å²) in [6, 6.07) is 12.4. The molecular weight excluding hydrogens is 613 g/mol. The van der Waals surface area contributed by atoms with Crippen LogP contribution in [-0.4, -0.2) is 19.5 Å². The van der Waals surface area contributed by atoms with Gasteiger partial charge in [-0.15, -0.1) is 0 Å². The average molecular weight is 657 g/mol. The monoisotopic (exact) mass is 656 g/mol. The van der Waals surface area contributed by atoms with Crippen LogP contribution in [0.4, 0.5) is 0 Å². The molecule has 0 amide bonds. The Morgan fingerprint density at radius 1 is 0.460 bits per heavy atom. The Morgan fingerprint density at radius 3 is 1.68 bits per heavy atom. The van der Waals surface area contributed by atoms with E-state index in [0.29, 0.717) is 27.6 Å². The summed E-state index contributed by atoms with van der Waals surface area (Å²) in [4.78, 5) is 13.5. The van der Waals surface area contributed by atoms with E-state index in [4.69, 9.17) is 26.3 Å². The van der Waals surface area contributed by atoms with Gasteiger partial charge in [0.05, 0.1) is 33.0 Å². The summed E-state index contributed by atoms with van der Waals surface area (Å²) in [7, 11) is 0. The van der Waals surface area contributed by atoms with Crippen LogP contribution in [0.2, 0.25) is 0 Å². The molecule has 0 aliphatic carbocycles. The van der Waals surface area contributed by atoms with Gasteiger partial charge in [-0.1, -0.05) is 133 Å². The van der Waals surface area contributed by atoms with Crippen LogP contribution in [0.25, 0.3) is 94.7 Å². The Hall–Kier alpha value is -6.85. The number of benzene rings is 7. The molecule has 234 valence electrons. The van der Waals surface area contributed by atoms with Gasteiger partial charge in [0.25, 0.3) is 0 Å². The summed E-state index contributed by atoms with van der Waals surface area (Å²) in [5.74, 6) is -0.999. The summed E-state index contributed by atoms with van der Waals surface area (Å²) >= 11 is 0. The third-order valence-electron chi connectivity index (χ3n) is 8.37. The second-order valence-electron chi connectivity index (χ2n) is 11.3. The fourth-order valence-electron chi connectivity index (χ4n) is 6.19. The first-order chi connectivity index (χ1) is 31.4. The zero-order chi connectivity index (χ0) is 46.9. The highest BCUT2D eigenvalue weighted by atomic mass is 16.3. The predicted molar refractivity (Wildman–Crippen MR) is 203 cm³/mol. The molecule has 10 rings (SSSR count). The van der Waals surface area contributed by atoms with Crippen molar-refractivity contribution in [2.45, 2.75) is 0 Å². The van der Waals surface area contributed by atoms with Gasteiger partial charge in [0.1, 0.15) is 11.2 Å². The molecule has 0 N–H and O–H groups in total. The third kappa shape index (κ3) is 4.60. The number of hydrogen-bond acceptors (Lipinski definition) is 4. The first-order valence-corrected chi connectivity index (χ1v) is 15.4. The highest BCUT2D eigenvalue weighted by Crippen LogP contribution is 2.41. The van der Waals surface area contributed by atoms with Crippen LogP contribution < -0.4 is 0 Å². The Morgan fingerprint density at radius 2 is 1.06 bits per heavy atom. The third-order valence-corrected chi connectivity index (χ3v) is 8.37. The van der Waals surface area contributed by atoms with Crippen molar-refractivity contribution in [3.8, 4) is 51.0 Å². The highest BCUT2D eigenvalue weighted by molar-refractivity contribution is 6.13. The summed E-state index contributed by atoms with van der Waals surface area (Å²) in [5.41, 5.74) is 2.19. The molecule has 5 nitrogen and oxygen atoms in total. The molecule has 0 aliphatic heterocycles. The Balaban J connectivity index is 1.26. The highest BCUT2D eigenvalue weighted by Gasteiger charge is 2.19. The summed E-state index contributed by atoms with van der Waals surface area (Å²) in [5, 5.41) is 1.31. The Kier molecular flexibility index (Phi) is 3.76. The summed E-state index contributed by atoms with van der Waals surface area (Å²) in [6.45, 7) is 0. The Bertz CT molecular complexity index is 3580. The lowest BCUT2D eigenvalue weighted by atomic mass is 10.0. The van der Waals surface area contributed by atoms with Gasteiger partial charge in [0.15, 0.2) is 17.5 Å². The first kappa shape index (κ1) is 16.5. The minimum atomic E-state index is -0.670. The maximum absolute atomic E-state index is 9.03. The molecule has 50 heavy (non-hydrogen) atoms. The van der Waals surface area contributed by atoms with Crippen LogP contribution in [0.3, 0.4) is 0 Å².